The molecule has 2 unspecified atom stereocenters. The van der Waals surface area contributed by atoms with Crippen LogP contribution in [0.2, 0.25) is 0 Å². The van der Waals surface area contributed by atoms with Crippen molar-refractivity contribution in [3.05, 3.63) is 0 Å². The van der Waals surface area contributed by atoms with Crippen LogP contribution in [-0.4, -0.2) is 55.5 Å². The molecule has 0 spiro atoms. The Labute approximate surface area is 100 Å². The van der Waals surface area contributed by atoms with Crippen molar-refractivity contribution in [1.82, 2.24) is 10.2 Å². The van der Waals surface area contributed by atoms with Crippen molar-refractivity contribution in [1.29, 1.82) is 0 Å². The van der Waals surface area contributed by atoms with Crippen LogP contribution in [-0.2, 0) is 19.1 Å². The lowest BCUT2D eigenvalue weighted by molar-refractivity contribution is -0.148. The van der Waals surface area contributed by atoms with Crippen LogP contribution in [0.5, 0.6) is 0 Å². The first kappa shape index (κ1) is 15.4. The molecule has 2 atom stereocenters. The number of nitrogens with zero attached hydrogens (tertiary/aromatic N) is 1. The van der Waals surface area contributed by atoms with Crippen molar-refractivity contribution in [2.45, 2.75) is 25.9 Å². The van der Waals surface area contributed by atoms with Gasteiger partial charge in [-0.25, -0.2) is 4.79 Å². The van der Waals surface area contributed by atoms with E-state index in [1.165, 1.54) is 11.8 Å². The number of carbonyl (C=O) groups excluding carboxylic acids is 3. The van der Waals surface area contributed by atoms with Crippen molar-refractivity contribution in [3.8, 4) is 0 Å². The van der Waals surface area contributed by atoms with Crippen LogP contribution < -0.4 is 11.1 Å². The maximum absolute atomic E-state index is 11.5. The number of carbonyl (C=O) groups is 3. The van der Waals surface area contributed by atoms with E-state index >= 15 is 0 Å². The van der Waals surface area contributed by atoms with Crippen molar-refractivity contribution >= 4 is 17.8 Å². The molecule has 98 valence electrons. The molecule has 0 rings (SSSR count). The van der Waals surface area contributed by atoms with Gasteiger partial charge in [0.05, 0.1) is 6.61 Å². The van der Waals surface area contributed by atoms with Crippen molar-refractivity contribution in [2.75, 3.05) is 20.7 Å². The number of nitrogens with two attached hydrogens (primary N) is 1. The third kappa shape index (κ3) is 4.81. The molecule has 0 aliphatic carbocycles. The highest BCUT2D eigenvalue weighted by Gasteiger charge is 2.26. The first-order valence-corrected chi connectivity index (χ1v) is 5.25. The molecular weight excluding hydrogens is 226 g/mol. The maximum Gasteiger partial charge on any atom is 0.332 e. The van der Waals surface area contributed by atoms with Crippen LogP contribution in [0.25, 0.3) is 0 Å². The lowest BCUT2D eigenvalue weighted by Gasteiger charge is -2.19. The lowest BCUT2D eigenvalue weighted by Crippen LogP contribution is -2.52. The largest absolute Gasteiger partial charge is 0.464 e. The minimum atomic E-state index is -1.41. The number of amides is 2. The number of rotatable bonds is 5. The van der Waals surface area contributed by atoms with Crippen LogP contribution in [0.3, 0.4) is 0 Å². The van der Waals surface area contributed by atoms with E-state index in [0.29, 0.717) is 0 Å². The summed E-state index contributed by atoms with van der Waals surface area (Å²) in [5.41, 5.74) is 5.36. The fourth-order valence-electron chi connectivity index (χ4n) is 1.09. The third-order valence-electron chi connectivity index (χ3n) is 1.99. The Hall–Kier alpha value is -1.63. The number of nitrogens with one attached hydrogen (secondary N) is 1. The third-order valence-corrected chi connectivity index (χ3v) is 1.99. The van der Waals surface area contributed by atoms with Gasteiger partial charge in [-0.15, -0.1) is 0 Å². The molecule has 0 aromatic rings. The van der Waals surface area contributed by atoms with Crippen LogP contribution >= 0.6 is 0 Å². The lowest BCUT2D eigenvalue weighted by atomic mass is 10.2. The molecule has 0 fully saturated rings. The van der Waals surface area contributed by atoms with E-state index in [0.717, 1.165) is 0 Å². The van der Waals surface area contributed by atoms with Crippen LogP contribution in [0.4, 0.5) is 0 Å². The molecule has 0 aliphatic rings. The summed E-state index contributed by atoms with van der Waals surface area (Å²) in [7, 11) is 3.13. The molecule has 7 heteroatoms. The second-order valence-electron chi connectivity index (χ2n) is 3.69. The number of hydrogen-bond donors (Lipinski definition) is 2. The average Bonchev–Trinajstić information content (AvgIpc) is 2.26. The predicted molar refractivity (Wildman–Crippen MR) is 60.9 cm³/mol. The molecule has 17 heavy (non-hydrogen) atoms. The summed E-state index contributed by atoms with van der Waals surface area (Å²) in [5.74, 6) is -1.82. The molecular formula is C10H19N3O4. The quantitative estimate of drug-likeness (QED) is 0.452. The molecule has 0 saturated heterocycles. The SMILES string of the molecule is CCOC(=O)C(N)C(=O)NC(C)C(=O)N(C)C. The highest BCUT2D eigenvalue weighted by atomic mass is 16.5. The molecule has 0 radical (unpaired) electrons. The molecule has 7 nitrogen and oxygen atoms in total. The first-order valence-electron chi connectivity index (χ1n) is 5.25. The molecule has 2 amide bonds. The Morgan fingerprint density at radius 1 is 1.35 bits per heavy atom. The first-order chi connectivity index (χ1) is 7.81. The highest BCUT2D eigenvalue weighted by molar-refractivity contribution is 6.03. The maximum atomic E-state index is 11.5. The van der Waals surface area contributed by atoms with E-state index < -0.39 is 24.0 Å². The van der Waals surface area contributed by atoms with Crippen molar-refractivity contribution in [2.24, 2.45) is 5.73 Å². The Morgan fingerprint density at radius 3 is 2.29 bits per heavy atom. The Morgan fingerprint density at radius 2 is 1.88 bits per heavy atom. The zero-order valence-electron chi connectivity index (χ0n) is 10.5. The molecule has 0 aliphatic heterocycles. The zero-order valence-corrected chi connectivity index (χ0v) is 10.5. The van der Waals surface area contributed by atoms with E-state index in [4.69, 9.17) is 5.73 Å². The molecule has 0 aromatic carbocycles. The Kier molecular flexibility index (Phi) is 6.19. The normalized spacial score (nSPS) is 13.5. The summed E-state index contributed by atoms with van der Waals surface area (Å²) < 4.78 is 4.59. The number of ether oxygens (including phenoxy) is 1. The van der Waals surface area contributed by atoms with Gasteiger partial charge < -0.3 is 20.7 Å². The average molecular weight is 245 g/mol. The van der Waals surface area contributed by atoms with E-state index in [2.05, 4.69) is 10.1 Å². The summed E-state index contributed by atoms with van der Waals surface area (Å²) >= 11 is 0. The van der Waals surface area contributed by atoms with Gasteiger partial charge in [-0.2, -0.15) is 0 Å². The van der Waals surface area contributed by atoms with E-state index in [-0.39, 0.29) is 12.5 Å². The van der Waals surface area contributed by atoms with E-state index in [1.54, 1.807) is 21.0 Å². The monoisotopic (exact) mass is 245 g/mol. The van der Waals surface area contributed by atoms with Gasteiger partial charge in [-0.1, -0.05) is 0 Å². The van der Waals surface area contributed by atoms with Gasteiger partial charge in [0.1, 0.15) is 6.04 Å². The van der Waals surface area contributed by atoms with Gasteiger partial charge >= 0.3 is 5.97 Å². The number of likely N-dealkylation sites (N-methyl/N-ethyl adjacent to an activating group) is 1. The minimum absolute atomic E-state index is 0.145. The van der Waals surface area contributed by atoms with Crippen molar-refractivity contribution < 1.29 is 19.1 Å². The van der Waals surface area contributed by atoms with E-state index in [9.17, 15) is 14.4 Å². The summed E-state index contributed by atoms with van der Waals surface area (Å²) in [6, 6.07) is -2.15. The minimum Gasteiger partial charge on any atom is -0.464 e. The van der Waals surface area contributed by atoms with Gasteiger partial charge in [0.15, 0.2) is 6.04 Å². The molecule has 0 saturated carbocycles. The van der Waals surface area contributed by atoms with Crippen LogP contribution in [0.1, 0.15) is 13.8 Å². The molecule has 3 N–H and O–H groups in total. The fourth-order valence-corrected chi connectivity index (χ4v) is 1.09. The Balaban J connectivity index is 4.35. The van der Waals surface area contributed by atoms with Gasteiger partial charge in [-0.05, 0) is 13.8 Å². The molecule has 0 bridgehead atoms. The van der Waals surface area contributed by atoms with Gasteiger partial charge in [0.2, 0.25) is 11.8 Å². The molecule has 0 heterocycles. The second-order valence-corrected chi connectivity index (χ2v) is 3.69. The zero-order chi connectivity index (χ0) is 13.6. The summed E-state index contributed by atoms with van der Waals surface area (Å²) in [4.78, 5) is 35.4. The summed E-state index contributed by atoms with van der Waals surface area (Å²) in [6.45, 7) is 3.27. The second kappa shape index (κ2) is 6.85. The smallest absolute Gasteiger partial charge is 0.332 e. The number of esters is 1. The summed E-state index contributed by atoms with van der Waals surface area (Å²) in [5, 5.41) is 2.34. The fraction of sp³-hybridized carbons (Fsp3) is 0.700. The molecule has 0 aromatic heterocycles. The number of hydrogen-bond acceptors (Lipinski definition) is 5. The van der Waals surface area contributed by atoms with Gasteiger partial charge in [-0.3, -0.25) is 9.59 Å². The Bertz CT molecular complexity index is 304. The summed E-state index contributed by atoms with van der Waals surface area (Å²) in [6.07, 6.45) is 0. The van der Waals surface area contributed by atoms with Crippen LogP contribution in [0.15, 0.2) is 0 Å². The van der Waals surface area contributed by atoms with Gasteiger partial charge in [0, 0.05) is 14.1 Å². The van der Waals surface area contributed by atoms with Gasteiger partial charge in [0.25, 0.3) is 0 Å². The topological polar surface area (TPSA) is 102 Å². The predicted octanol–water partition coefficient (Wildman–Crippen LogP) is -1.53. The van der Waals surface area contributed by atoms with Crippen LogP contribution in [0, 0.1) is 0 Å². The standard InChI is InChI=1S/C10H19N3O4/c1-5-17-10(16)7(11)8(14)12-6(2)9(15)13(3)4/h6-7H,5,11H2,1-4H3,(H,12,14). The highest BCUT2D eigenvalue weighted by Crippen LogP contribution is 1.92. The van der Waals surface area contributed by atoms with Crippen molar-refractivity contribution in [3.63, 3.8) is 0 Å². The van der Waals surface area contributed by atoms with E-state index in [1.807, 2.05) is 0 Å².